The zero-order valence-electron chi connectivity index (χ0n) is 12.3. The molecule has 0 aliphatic carbocycles. The zero-order chi connectivity index (χ0) is 15.1. The van der Waals surface area contributed by atoms with E-state index in [1.807, 2.05) is 0 Å². The molecule has 1 atom stereocenters. The van der Waals surface area contributed by atoms with Crippen LogP contribution in [0.25, 0.3) is 0 Å². The van der Waals surface area contributed by atoms with Crippen LogP contribution in [0.3, 0.4) is 0 Å². The van der Waals surface area contributed by atoms with E-state index < -0.39 is 18.0 Å². The second kappa shape index (κ2) is 9.96. The van der Waals surface area contributed by atoms with Gasteiger partial charge in [0.2, 0.25) is 0 Å². The minimum Gasteiger partial charge on any atom is -0.548 e. The molecule has 7 heteroatoms. The van der Waals surface area contributed by atoms with Crippen molar-refractivity contribution in [2.45, 2.75) is 19.9 Å². The molecule has 0 saturated carbocycles. The maximum Gasteiger partial charge on any atom is 1.00 e. The van der Waals surface area contributed by atoms with E-state index in [1.54, 1.807) is 13.8 Å². The molecule has 6 nitrogen and oxygen atoms in total. The van der Waals surface area contributed by atoms with Crippen molar-refractivity contribution in [2.75, 3.05) is 6.61 Å². The van der Waals surface area contributed by atoms with E-state index in [0.717, 1.165) is 0 Å². The molecule has 1 aromatic rings. The number of esters is 1. The molecular formula is C14H16KNO5. The topological polar surface area (TPSA) is 98.7 Å². The van der Waals surface area contributed by atoms with Gasteiger partial charge in [-0.25, -0.2) is 4.79 Å². The molecule has 108 valence electrons. The van der Waals surface area contributed by atoms with Gasteiger partial charge in [0.25, 0.3) is 0 Å². The largest absolute Gasteiger partial charge is 1.00 e. The molecule has 1 rings (SSSR count). The van der Waals surface area contributed by atoms with Crippen LogP contribution in [0.2, 0.25) is 0 Å². The predicted octanol–water partition coefficient (Wildman–Crippen LogP) is -2.76. The molecule has 0 saturated heterocycles. The van der Waals surface area contributed by atoms with Crippen LogP contribution in [-0.2, 0) is 14.3 Å². The number of ether oxygens (including phenoxy) is 1. The normalized spacial score (nSPS) is 12.0. The van der Waals surface area contributed by atoms with Crippen LogP contribution < -0.4 is 61.8 Å². The van der Waals surface area contributed by atoms with Crippen molar-refractivity contribution < 1.29 is 75.9 Å². The van der Waals surface area contributed by atoms with Gasteiger partial charge in [-0.15, -0.1) is 0 Å². The maximum absolute atomic E-state index is 11.3. The van der Waals surface area contributed by atoms with Crippen molar-refractivity contribution in [3.8, 4) is 5.75 Å². The standard InChI is InChI=1S/C14H17NO5.K/c1-3-20-12(17)8-9(2)15-13(14(18)19)10-4-6-11(16)7-5-10;/h4-8,13,15-16H,3H2,1-2H3,(H,18,19);/q;+1/p-1. The Balaban J connectivity index is 0.00000400. The Labute approximate surface area is 165 Å². The molecule has 0 fully saturated rings. The molecule has 2 N–H and O–H groups in total. The summed E-state index contributed by atoms with van der Waals surface area (Å²) in [6.45, 7) is 3.46. The van der Waals surface area contributed by atoms with Crippen LogP contribution >= 0.6 is 0 Å². The number of hydrogen-bond acceptors (Lipinski definition) is 6. The minimum atomic E-state index is -1.34. The fourth-order valence-electron chi connectivity index (χ4n) is 1.58. The molecule has 0 radical (unpaired) electrons. The van der Waals surface area contributed by atoms with E-state index in [1.165, 1.54) is 30.3 Å². The van der Waals surface area contributed by atoms with Gasteiger partial charge in [-0.05, 0) is 31.5 Å². The molecular weight excluding hydrogens is 301 g/mol. The Morgan fingerprint density at radius 2 is 1.95 bits per heavy atom. The first kappa shape index (κ1) is 20.1. The number of aromatic hydroxyl groups is 1. The third-order valence-corrected chi connectivity index (χ3v) is 2.46. The number of carbonyl (C=O) groups is 2. The van der Waals surface area contributed by atoms with Crippen LogP contribution in [-0.4, -0.2) is 23.7 Å². The minimum absolute atomic E-state index is 0. The summed E-state index contributed by atoms with van der Waals surface area (Å²) in [5.41, 5.74) is 0.741. The van der Waals surface area contributed by atoms with E-state index in [-0.39, 0.29) is 63.7 Å². The molecule has 0 amide bonds. The third kappa shape index (κ3) is 7.10. The SMILES string of the molecule is CCOC(=O)C=C(C)NC(C(=O)[O-])c1ccc(O)cc1.[K+]. The van der Waals surface area contributed by atoms with Gasteiger partial charge >= 0.3 is 57.4 Å². The van der Waals surface area contributed by atoms with E-state index in [2.05, 4.69) is 5.32 Å². The number of allylic oxidation sites excluding steroid dienone is 1. The van der Waals surface area contributed by atoms with E-state index in [0.29, 0.717) is 11.3 Å². The monoisotopic (exact) mass is 317 g/mol. The molecule has 1 aromatic carbocycles. The molecule has 0 aromatic heterocycles. The summed E-state index contributed by atoms with van der Waals surface area (Å²) in [5, 5.41) is 23.0. The van der Waals surface area contributed by atoms with E-state index >= 15 is 0 Å². The number of benzene rings is 1. The first-order chi connectivity index (χ1) is 9.43. The Morgan fingerprint density at radius 1 is 1.38 bits per heavy atom. The smallest absolute Gasteiger partial charge is 0.548 e. The number of carbonyl (C=O) groups excluding carboxylic acids is 2. The number of carboxylic acids is 1. The van der Waals surface area contributed by atoms with E-state index in [4.69, 9.17) is 4.74 Å². The summed E-state index contributed by atoms with van der Waals surface area (Å²) in [6.07, 6.45) is 1.17. The predicted molar refractivity (Wildman–Crippen MR) is 69.4 cm³/mol. The zero-order valence-corrected chi connectivity index (χ0v) is 15.4. The van der Waals surface area contributed by atoms with Gasteiger partial charge in [0.1, 0.15) is 5.75 Å². The number of aliphatic carboxylic acids is 1. The summed E-state index contributed by atoms with van der Waals surface area (Å²) in [4.78, 5) is 22.4. The second-order valence-electron chi connectivity index (χ2n) is 4.07. The summed E-state index contributed by atoms with van der Waals surface area (Å²) < 4.78 is 4.72. The van der Waals surface area contributed by atoms with Crippen LogP contribution in [0.4, 0.5) is 0 Å². The molecule has 0 spiro atoms. The Morgan fingerprint density at radius 3 is 2.43 bits per heavy atom. The van der Waals surface area contributed by atoms with Crippen molar-refractivity contribution in [3.05, 3.63) is 41.6 Å². The number of nitrogens with one attached hydrogen (secondary N) is 1. The third-order valence-electron chi connectivity index (χ3n) is 2.46. The molecule has 0 aliphatic rings. The van der Waals surface area contributed by atoms with Gasteiger partial charge in [0.15, 0.2) is 0 Å². The molecule has 0 aliphatic heterocycles. The Hall–Kier alpha value is -0.864. The number of phenolic OH excluding ortho intramolecular Hbond substituents is 1. The van der Waals surface area contributed by atoms with Crippen molar-refractivity contribution in [1.82, 2.24) is 5.32 Å². The van der Waals surface area contributed by atoms with Gasteiger partial charge in [0, 0.05) is 11.8 Å². The van der Waals surface area contributed by atoms with Crippen LogP contribution in [0.5, 0.6) is 5.75 Å². The van der Waals surface area contributed by atoms with Gasteiger partial charge in [-0.2, -0.15) is 0 Å². The first-order valence-corrected chi connectivity index (χ1v) is 6.05. The summed E-state index contributed by atoms with van der Waals surface area (Å²) in [7, 11) is 0. The number of carboxylic acid groups (broad SMARTS) is 1. The Kier molecular flexibility index (Phi) is 9.55. The van der Waals surface area contributed by atoms with Crippen LogP contribution in [0, 0.1) is 0 Å². The van der Waals surface area contributed by atoms with Crippen molar-refractivity contribution >= 4 is 11.9 Å². The van der Waals surface area contributed by atoms with Crippen LogP contribution in [0.15, 0.2) is 36.0 Å². The van der Waals surface area contributed by atoms with Crippen LogP contribution in [0.1, 0.15) is 25.5 Å². The maximum atomic E-state index is 11.3. The molecule has 21 heavy (non-hydrogen) atoms. The Bertz CT molecular complexity index is 513. The molecule has 0 heterocycles. The number of hydrogen-bond donors (Lipinski definition) is 2. The molecule has 1 unspecified atom stereocenters. The fourth-order valence-corrected chi connectivity index (χ4v) is 1.58. The first-order valence-electron chi connectivity index (χ1n) is 6.05. The average Bonchev–Trinajstić information content (AvgIpc) is 2.37. The second-order valence-corrected chi connectivity index (χ2v) is 4.07. The van der Waals surface area contributed by atoms with Crippen molar-refractivity contribution in [3.63, 3.8) is 0 Å². The van der Waals surface area contributed by atoms with Crippen molar-refractivity contribution in [2.24, 2.45) is 0 Å². The van der Waals surface area contributed by atoms with Gasteiger partial charge in [-0.3, -0.25) is 0 Å². The van der Waals surface area contributed by atoms with Gasteiger partial charge in [0.05, 0.1) is 18.6 Å². The fraction of sp³-hybridized carbons (Fsp3) is 0.286. The van der Waals surface area contributed by atoms with Gasteiger partial charge < -0.3 is 25.1 Å². The summed E-state index contributed by atoms with van der Waals surface area (Å²) >= 11 is 0. The summed E-state index contributed by atoms with van der Waals surface area (Å²) in [5.74, 6) is -1.86. The number of rotatable bonds is 6. The average molecular weight is 317 g/mol. The van der Waals surface area contributed by atoms with E-state index in [9.17, 15) is 19.8 Å². The summed E-state index contributed by atoms with van der Waals surface area (Å²) in [6, 6.07) is 4.54. The quantitative estimate of drug-likeness (QED) is 0.335. The number of phenols is 1. The molecule has 0 bridgehead atoms. The van der Waals surface area contributed by atoms with Gasteiger partial charge in [-0.1, -0.05) is 12.1 Å². The van der Waals surface area contributed by atoms with Crippen molar-refractivity contribution in [1.29, 1.82) is 0 Å².